The number of methoxy groups -OCH3 is 2. The van der Waals surface area contributed by atoms with E-state index in [2.05, 4.69) is 22.5 Å². The van der Waals surface area contributed by atoms with Crippen molar-refractivity contribution >= 4 is 5.91 Å². The molecule has 1 N–H and O–H groups in total. The molecule has 0 radical (unpaired) electrons. The molecule has 144 valence electrons. The van der Waals surface area contributed by atoms with E-state index in [1.54, 1.807) is 38.2 Å². The fraction of sp³-hybridized carbons (Fsp3) is 0.524. The normalized spacial score (nSPS) is 26.6. The summed E-state index contributed by atoms with van der Waals surface area (Å²) < 4.78 is 12.5. The molecule has 27 heavy (non-hydrogen) atoms. The molecule has 4 rings (SSSR count). The van der Waals surface area contributed by atoms with Crippen molar-refractivity contribution in [1.82, 2.24) is 15.1 Å². The molecule has 1 heterocycles. The van der Waals surface area contributed by atoms with Gasteiger partial charge in [-0.1, -0.05) is 18.9 Å². The number of carbonyl (C=O) groups is 1. The minimum absolute atomic E-state index is 0.0468. The van der Waals surface area contributed by atoms with Crippen molar-refractivity contribution in [3.8, 4) is 11.5 Å². The summed E-state index contributed by atoms with van der Waals surface area (Å²) in [6.45, 7) is 0. The summed E-state index contributed by atoms with van der Waals surface area (Å²) in [6.07, 6.45) is 6.59. The molecular formula is C21H27N3O3. The number of hydrogen-bond donors (Lipinski definition) is 1. The van der Waals surface area contributed by atoms with Crippen LogP contribution in [0.3, 0.4) is 0 Å². The van der Waals surface area contributed by atoms with E-state index >= 15 is 0 Å². The molecule has 6 heteroatoms. The molecule has 2 unspecified atom stereocenters. The third-order valence-electron chi connectivity index (χ3n) is 6.33. The Morgan fingerprint density at radius 3 is 2.52 bits per heavy atom. The van der Waals surface area contributed by atoms with Gasteiger partial charge in [-0.15, -0.1) is 0 Å². The van der Waals surface area contributed by atoms with Crippen LogP contribution in [-0.2, 0) is 7.05 Å². The highest BCUT2D eigenvalue weighted by molar-refractivity contribution is 5.92. The highest BCUT2D eigenvalue weighted by Gasteiger charge is 2.52. The molecule has 2 aliphatic rings. The zero-order valence-corrected chi connectivity index (χ0v) is 16.1. The first-order valence-electron chi connectivity index (χ1n) is 9.65. The monoisotopic (exact) mass is 369 g/mol. The first-order chi connectivity index (χ1) is 13.1. The minimum Gasteiger partial charge on any atom is -0.493 e. The van der Waals surface area contributed by atoms with Crippen LogP contribution in [0.4, 0.5) is 0 Å². The lowest BCUT2D eigenvalue weighted by atomic mass is 9.53. The smallest absolute Gasteiger partial charge is 0.269 e. The molecule has 1 aromatic heterocycles. The second-order valence-electron chi connectivity index (χ2n) is 7.59. The van der Waals surface area contributed by atoms with Crippen LogP contribution in [0.5, 0.6) is 11.5 Å². The molecule has 2 saturated carbocycles. The number of amides is 1. The summed E-state index contributed by atoms with van der Waals surface area (Å²) >= 11 is 0. The van der Waals surface area contributed by atoms with E-state index in [0.29, 0.717) is 23.4 Å². The maximum atomic E-state index is 12.8. The van der Waals surface area contributed by atoms with E-state index in [0.717, 1.165) is 11.5 Å². The van der Waals surface area contributed by atoms with E-state index in [9.17, 15) is 4.79 Å². The van der Waals surface area contributed by atoms with Crippen molar-refractivity contribution in [1.29, 1.82) is 0 Å². The van der Waals surface area contributed by atoms with Gasteiger partial charge in [0.2, 0.25) is 0 Å². The largest absolute Gasteiger partial charge is 0.493 e. The van der Waals surface area contributed by atoms with Crippen LogP contribution in [0.2, 0.25) is 0 Å². The van der Waals surface area contributed by atoms with E-state index in [1.807, 2.05) is 6.07 Å². The Morgan fingerprint density at radius 2 is 1.85 bits per heavy atom. The van der Waals surface area contributed by atoms with Crippen LogP contribution in [0.1, 0.15) is 47.7 Å². The fourth-order valence-corrected chi connectivity index (χ4v) is 5.00. The Kier molecular flexibility index (Phi) is 4.81. The summed E-state index contributed by atoms with van der Waals surface area (Å²) in [7, 11) is 5.10. The topological polar surface area (TPSA) is 65.4 Å². The summed E-state index contributed by atoms with van der Waals surface area (Å²) in [5.41, 5.74) is 1.81. The molecule has 1 aromatic carbocycles. The molecule has 2 fully saturated rings. The fourth-order valence-electron chi connectivity index (χ4n) is 5.00. The molecule has 4 atom stereocenters. The SMILES string of the molecule is COc1ccc([C@H]2C3CCCCC3[C@@H]2NC(=O)c2ccnn2C)cc1OC. The maximum absolute atomic E-state index is 12.8. The number of nitrogens with zero attached hydrogens (tertiary/aromatic N) is 2. The van der Waals surface area contributed by atoms with Gasteiger partial charge in [0.1, 0.15) is 5.69 Å². The summed E-state index contributed by atoms with van der Waals surface area (Å²) in [4.78, 5) is 12.8. The highest BCUT2D eigenvalue weighted by Crippen LogP contribution is 2.55. The van der Waals surface area contributed by atoms with Gasteiger partial charge in [-0.05, 0) is 48.4 Å². The van der Waals surface area contributed by atoms with Crippen LogP contribution in [0.15, 0.2) is 30.5 Å². The average Bonchev–Trinajstić information content (AvgIpc) is 3.12. The maximum Gasteiger partial charge on any atom is 0.269 e. The second-order valence-corrected chi connectivity index (χ2v) is 7.59. The van der Waals surface area contributed by atoms with E-state index in [4.69, 9.17) is 9.47 Å². The van der Waals surface area contributed by atoms with Crippen molar-refractivity contribution in [2.45, 2.75) is 37.6 Å². The van der Waals surface area contributed by atoms with Gasteiger partial charge in [-0.3, -0.25) is 9.48 Å². The Morgan fingerprint density at radius 1 is 1.11 bits per heavy atom. The number of hydrogen-bond acceptors (Lipinski definition) is 4. The second kappa shape index (κ2) is 7.25. The molecule has 6 nitrogen and oxygen atoms in total. The Bertz CT molecular complexity index is 832. The summed E-state index contributed by atoms with van der Waals surface area (Å²) in [5, 5.41) is 7.42. The molecule has 0 spiro atoms. The van der Waals surface area contributed by atoms with Gasteiger partial charge in [0.05, 0.1) is 14.2 Å². The number of aromatic nitrogens is 2. The lowest BCUT2D eigenvalue weighted by molar-refractivity contribution is 0.0248. The first kappa shape index (κ1) is 17.9. The van der Waals surface area contributed by atoms with Gasteiger partial charge in [0, 0.05) is 25.2 Å². The van der Waals surface area contributed by atoms with E-state index in [1.165, 1.54) is 31.2 Å². The van der Waals surface area contributed by atoms with Crippen LogP contribution in [0.25, 0.3) is 0 Å². The third-order valence-corrected chi connectivity index (χ3v) is 6.33. The van der Waals surface area contributed by atoms with Crippen molar-refractivity contribution < 1.29 is 14.3 Å². The van der Waals surface area contributed by atoms with Crippen molar-refractivity contribution in [2.24, 2.45) is 18.9 Å². The molecule has 0 bridgehead atoms. The molecule has 0 saturated heterocycles. The molecule has 1 amide bonds. The standard InChI is InChI=1S/C21H27N3O3/c1-24-16(10-11-22-24)21(25)23-20-15-7-5-4-6-14(15)19(20)13-8-9-17(26-2)18(12-13)27-3/h8-12,14-15,19-20H,4-7H2,1-3H3,(H,23,25)/t14?,15?,19-,20-/m0/s1. The van der Waals surface area contributed by atoms with Crippen LogP contribution >= 0.6 is 0 Å². The number of aryl methyl sites for hydroxylation is 1. The Labute approximate surface area is 159 Å². The highest BCUT2D eigenvalue weighted by atomic mass is 16.5. The predicted molar refractivity (Wildman–Crippen MR) is 102 cm³/mol. The zero-order valence-electron chi connectivity index (χ0n) is 16.1. The van der Waals surface area contributed by atoms with Crippen LogP contribution in [-0.4, -0.2) is 35.9 Å². The lowest BCUT2D eigenvalue weighted by Gasteiger charge is -2.55. The average molecular weight is 369 g/mol. The van der Waals surface area contributed by atoms with Gasteiger partial charge in [0.25, 0.3) is 5.91 Å². The van der Waals surface area contributed by atoms with E-state index in [-0.39, 0.29) is 11.9 Å². The van der Waals surface area contributed by atoms with E-state index < -0.39 is 0 Å². The number of fused-ring (bicyclic) bond motifs is 1. The Hall–Kier alpha value is -2.50. The van der Waals surface area contributed by atoms with Gasteiger partial charge in [-0.2, -0.15) is 5.10 Å². The minimum atomic E-state index is -0.0468. The summed E-state index contributed by atoms with van der Waals surface area (Å²) in [5.74, 6) is 2.91. The zero-order chi connectivity index (χ0) is 19.0. The predicted octanol–water partition coefficient (Wildman–Crippen LogP) is 3.14. The number of carbonyl (C=O) groups excluding carboxylic acids is 1. The number of ether oxygens (including phenoxy) is 2. The number of rotatable bonds is 5. The third kappa shape index (κ3) is 3.07. The first-order valence-corrected chi connectivity index (χ1v) is 9.65. The van der Waals surface area contributed by atoms with Gasteiger partial charge in [-0.25, -0.2) is 0 Å². The number of nitrogens with one attached hydrogen (secondary N) is 1. The van der Waals surface area contributed by atoms with Crippen molar-refractivity contribution in [3.05, 3.63) is 41.7 Å². The number of benzene rings is 1. The van der Waals surface area contributed by atoms with Crippen LogP contribution < -0.4 is 14.8 Å². The quantitative estimate of drug-likeness (QED) is 0.879. The van der Waals surface area contributed by atoms with Crippen LogP contribution in [0, 0.1) is 11.8 Å². The van der Waals surface area contributed by atoms with Gasteiger partial charge in [0.15, 0.2) is 11.5 Å². The van der Waals surface area contributed by atoms with Crippen molar-refractivity contribution in [2.75, 3.05) is 14.2 Å². The molecule has 2 aromatic rings. The lowest BCUT2D eigenvalue weighted by Crippen LogP contribution is -2.59. The van der Waals surface area contributed by atoms with Gasteiger partial charge < -0.3 is 14.8 Å². The summed E-state index contributed by atoms with van der Waals surface area (Å²) in [6, 6.07) is 8.05. The van der Waals surface area contributed by atoms with Gasteiger partial charge >= 0.3 is 0 Å². The molecule has 0 aliphatic heterocycles. The molecular weight excluding hydrogens is 342 g/mol. The Balaban J connectivity index is 1.61. The molecule has 2 aliphatic carbocycles. The van der Waals surface area contributed by atoms with Crippen molar-refractivity contribution in [3.63, 3.8) is 0 Å².